The highest BCUT2D eigenvalue weighted by molar-refractivity contribution is 7.91. The summed E-state index contributed by atoms with van der Waals surface area (Å²) < 4.78 is 25.0. The number of hydrogen-bond acceptors (Lipinski definition) is 6. The largest absolute Gasteiger partial charge is 0.283 e. The van der Waals surface area contributed by atoms with Gasteiger partial charge in [-0.15, -0.1) is 25.3 Å². The van der Waals surface area contributed by atoms with Crippen LogP contribution in [0, 0.1) is 17.0 Å². The average molecular weight is 341 g/mol. The summed E-state index contributed by atoms with van der Waals surface area (Å²) in [6.07, 6.45) is 0. The zero-order chi connectivity index (χ0) is 15.8. The highest BCUT2D eigenvalue weighted by Crippen LogP contribution is 2.30. The van der Waals surface area contributed by atoms with E-state index in [1.807, 2.05) is 0 Å². The molecule has 0 aliphatic heterocycles. The number of nitro benzene ring substituents is 1. The normalized spacial score (nSPS) is 11.4. The van der Waals surface area contributed by atoms with E-state index in [-0.39, 0.29) is 20.4 Å². The van der Waals surface area contributed by atoms with Crippen molar-refractivity contribution in [2.75, 3.05) is 0 Å². The molecule has 0 bridgehead atoms. The van der Waals surface area contributed by atoms with Crippen LogP contribution in [0.4, 0.5) is 5.69 Å². The SMILES string of the molecule is Cc1cc(S(=O)(=O)c2ccc(S)c([N+](=O)[O-])c2)ccc1S. The molecule has 2 aromatic carbocycles. The molecule has 0 aliphatic carbocycles. The van der Waals surface area contributed by atoms with E-state index >= 15 is 0 Å². The second kappa shape index (κ2) is 5.70. The van der Waals surface area contributed by atoms with Crippen LogP contribution in [0.3, 0.4) is 0 Å². The maximum absolute atomic E-state index is 12.5. The molecule has 2 rings (SSSR count). The third kappa shape index (κ3) is 3.07. The van der Waals surface area contributed by atoms with Crippen molar-refractivity contribution in [1.82, 2.24) is 0 Å². The monoisotopic (exact) mass is 341 g/mol. The van der Waals surface area contributed by atoms with Gasteiger partial charge in [-0.05, 0) is 42.8 Å². The molecule has 0 saturated carbocycles. The zero-order valence-corrected chi connectivity index (χ0v) is 13.5. The van der Waals surface area contributed by atoms with Crippen molar-refractivity contribution < 1.29 is 13.3 Å². The number of aryl methyl sites for hydroxylation is 1. The summed E-state index contributed by atoms with van der Waals surface area (Å²) in [5.41, 5.74) is 0.363. The summed E-state index contributed by atoms with van der Waals surface area (Å²) in [6, 6.07) is 8.10. The molecule has 0 spiro atoms. The Balaban J connectivity index is 2.61. The molecule has 21 heavy (non-hydrogen) atoms. The van der Waals surface area contributed by atoms with Gasteiger partial charge in [0, 0.05) is 11.0 Å². The lowest BCUT2D eigenvalue weighted by Crippen LogP contribution is -2.03. The van der Waals surface area contributed by atoms with Gasteiger partial charge in [0.1, 0.15) is 0 Å². The lowest BCUT2D eigenvalue weighted by atomic mass is 10.2. The molecule has 2 aromatic rings. The summed E-state index contributed by atoms with van der Waals surface area (Å²) >= 11 is 8.14. The second-order valence-electron chi connectivity index (χ2n) is 4.36. The van der Waals surface area contributed by atoms with Gasteiger partial charge < -0.3 is 0 Å². The van der Waals surface area contributed by atoms with Gasteiger partial charge in [-0.3, -0.25) is 10.1 Å². The van der Waals surface area contributed by atoms with Crippen molar-refractivity contribution in [3.63, 3.8) is 0 Å². The first-order valence-electron chi connectivity index (χ1n) is 5.75. The molecule has 0 aromatic heterocycles. The van der Waals surface area contributed by atoms with Crippen molar-refractivity contribution in [2.45, 2.75) is 26.5 Å². The van der Waals surface area contributed by atoms with E-state index in [4.69, 9.17) is 0 Å². The van der Waals surface area contributed by atoms with E-state index in [2.05, 4.69) is 25.3 Å². The Morgan fingerprint density at radius 3 is 2.05 bits per heavy atom. The second-order valence-corrected chi connectivity index (χ2v) is 7.27. The molecule has 0 unspecified atom stereocenters. The molecular weight excluding hydrogens is 330 g/mol. The number of nitrogens with zero attached hydrogens (tertiary/aromatic N) is 1. The van der Waals surface area contributed by atoms with Gasteiger partial charge in [0.05, 0.1) is 19.6 Å². The van der Waals surface area contributed by atoms with Gasteiger partial charge in [-0.1, -0.05) is 0 Å². The van der Waals surface area contributed by atoms with Crippen LogP contribution >= 0.6 is 25.3 Å². The summed E-state index contributed by atoms with van der Waals surface area (Å²) in [6.45, 7) is 1.74. The lowest BCUT2D eigenvalue weighted by molar-refractivity contribution is -0.387. The van der Waals surface area contributed by atoms with E-state index < -0.39 is 14.8 Å². The van der Waals surface area contributed by atoms with Crippen LogP contribution in [0.2, 0.25) is 0 Å². The quantitative estimate of drug-likeness (QED) is 0.510. The Labute approximate surface area is 132 Å². The van der Waals surface area contributed by atoms with Gasteiger partial charge in [-0.25, -0.2) is 8.42 Å². The predicted octanol–water partition coefficient (Wildman–Crippen LogP) is 3.31. The number of hydrogen-bond donors (Lipinski definition) is 2. The molecule has 0 atom stereocenters. The molecule has 5 nitrogen and oxygen atoms in total. The van der Waals surface area contributed by atoms with E-state index in [9.17, 15) is 18.5 Å². The Bertz CT molecular complexity index is 831. The Morgan fingerprint density at radius 1 is 1.00 bits per heavy atom. The Hall–Kier alpha value is -1.51. The van der Waals surface area contributed by atoms with Gasteiger partial charge >= 0.3 is 0 Å². The highest BCUT2D eigenvalue weighted by Gasteiger charge is 2.22. The molecule has 0 heterocycles. The fraction of sp³-hybridized carbons (Fsp3) is 0.0769. The third-order valence-corrected chi connectivity index (χ3v) is 5.56. The maximum atomic E-state index is 12.5. The van der Waals surface area contributed by atoms with Crippen molar-refractivity contribution in [3.8, 4) is 0 Å². The van der Waals surface area contributed by atoms with E-state index in [0.717, 1.165) is 6.07 Å². The first-order valence-corrected chi connectivity index (χ1v) is 8.13. The van der Waals surface area contributed by atoms with Crippen LogP contribution < -0.4 is 0 Å². The van der Waals surface area contributed by atoms with Gasteiger partial charge in [0.15, 0.2) is 0 Å². The van der Waals surface area contributed by atoms with Crippen LogP contribution in [0.1, 0.15) is 5.56 Å². The maximum Gasteiger partial charge on any atom is 0.283 e. The minimum Gasteiger partial charge on any atom is -0.258 e. The standard InChI is InChI=1S/C13H11NO4S3/c1-8-6-9(2-4-12(8)19)21(17,18)10-3-5-13(20)11(7-10)14(15)16/h2-7,19-20H,1H3. The highest BCUT2D eigenvalue weighted by atomic mass is 32.2. The fourth-order valence-electron chi connectivity index (χ4n) is 1.75. The fourth-order valence-corrected chi connectivity index (χ4v) is 3.47. The van der Waals surface area contributed by atoms with Gasteiger partial charge in [0.2, 0.25) is 9.84 Å². The number of nitro groups is 1. The van der Waals surface area contributed by atoms with Crippen LogP contribution in [-0.4, -0.2) is 13.3 Å². The molecule has 0 radical (unpaired) electrons. The van der Waals surface area contributed by atoms with Crippen LogP contribution in [0.15, 0.2) is 56.0 Å². The van der Waals surface area contributed by atoms with E-state index in [1.54, 1.807) is 13.0 Å². The third-order valence-electron chi connectivity index (χ3n) is 2.93. The molecule has 0 amide bonds. The van der Waals surface area contributed by atoms with Crippen molar-refractivity contribution in [3.05, 3.63) is 52.1 Å². The minimum absolute atomic E-state index is 0.0685. The number of sulfone groups is 1. The molecule has 8 heteroatoms. The Morgan fingerprint density at radius 2 is 1.52 bits per heavy atom. The summed E-state index contributed by atoms with van der Waals surface area (Å²) in [4.78, 5) is 10.9. The minimum atomic E-state index is -3.82. The first-order chi connectivity index (χ1) is 9.73. The van der Waals surface area contributed by atoms with Crippen molar-refractivity contribution in [2.24, 2.45) is 0 Å². The molecular formula is C13H11NO4S3. The molecule has 0 fully saturated rings. The lowest BCUT2D eigenvalue weighted by Gasteiger charge is -2.07. The van der Waals surface area contributed by atoms with Crippen molar-refractivity contribution in [1.29, 1.82) is 0 Å². The summed E-state index contributed by atoms with van der Waals surface area (Å²) in [5, 5.41) is 10.9. The number of rotatable bonds is 3. The predicted molar refractivity (Wildman–Crippen MR) is 84.2 cm³/mol. The average Bonchev–Trinajstić information content (AvgIpc) is 2.41. The number of thiol groups is 2. The van der Waals surface area contributed by atoms with Crippen molar-refractivity contribution >= 4 is 40.8 Å². The van der Waals surface area contributed by atoms with E-state index in [1.165, 1.54) is 24.3 Å². The van der Waals surface area contributed by atoms with Crippen LogP contribution in [0.25, 0.3) is 0 Å². The van der Waals surface area contributed by atoms with Crippen LogP contribution in [-0.2, 0) is 9.84 Å². The van der Waals surface area contributed by atoms with E-state index in [0.29, 0.717) is 10.5 Å². The molecule has 0 N–H and O–H groups in total. The van der Waals surface area contributed by atoms with Gasteiger partial charge in [0.25, 0.3) is 5.69 Å². The molecule has 0 aliphatic rings. The molecule has 110 valence electrons. The number of benzene rings is 2. The topological polar surface area (TPSA) is 77.3 Å². The van der Waals surface area contributed by atoms with Gasteiger partial charge in [-0.2, -0.15) is 0 Å². The van der Waals surface area contributed by atoms with Crippen LogP contribution in [0.5, 0.6) is 0 Å². The zero-order valence-electron chi connectivity index (χ0n) is 10.8. The first kappa shape index (κ1) is 15.9. The smallest absolute Gasteiger partial charge is 0.258 e. The Kier molecular flexibility index (Phi) is 4.31. The molecule has 0 saturated heterocycles. The summed E-state index contributed by atoms with van der Waals surface area (Å²) in [5.74, 6) is 0. The summed E-state index contributed by atoms with van der Waals surface area (Å²) in [7, 11) is -3.82.